The summed E-state index contributed by atoms with van der Waals surface area (Å²) in [7, 11) is 0. The van der Waals surface area contributed by atoms with Crippen molar-refractivity contribution >= 4 is 29.0 Å². The fourth-order valence-electron chi connectivity index (χ4n) is 2.49. The van der Waals surface area contributed by atoms with Crippen LogP contribution in [0.2, 0.25) is 0 Å². The summed E-state index contributed by atoms with van der Waals surface area (Å²) in [6.07, 6.45) is -0.385. The number of carbonyl (C=O) groups excluding carboxylic acids is 1. The van der Waals surface area contributed by atoms with Gasteiger partial charge in [0.05, 0.1) is 22.9 Å². The third-order valence-electron chi connectivity index (χ3n) is 3.82. The molecule has 1 saturated heterocycles. The molecule has 2 atom stereocenters. The van der Waals surface area contributed by atoms with Crippen LogP contribution in [0.3, 0.4) is 0 Å². The molecule has 122 valence electrons. The van der Waals surface area contributed by atoms with Gasteiger partial charge in [0, 0.05) is 41.6 Å². The van der Waals surface area contributed by atoms with Crippen molar-refractivity contribution in [2.75, 3.05) is 19.6 Å². The number of hydrogen-bond donors (Lipinski definition) is 3. The number of aliphatic hydroxyl groups is 1. The summed E-state index contributed by atoms with van der Waals surface area (Å²) >= 11 is 3.19. The van der Waals surface area contributed by atoms with Crippen LogP contribution in [-0.4, -0.2) is 41.7 Å². The summed E-state index contributed by atoms with van der Waals surface area (Å²) in [5, 5.41) is 17.9. The number of carbonyl (C=O) groups is 1. The number of amides is 1. The highest BCUT2D eigenvalue weighted by Crippen LogP contribution is 2.26. The minimum absolute atomic E-state index is 0.0776. The van der Waals surface area contributed by atoms with Crippen molar-refractivity contribution in [2.24, 2.45) is 5.92 Å². The minimum Gasteiger partial charge on any atom is -0.391 e. The van der Waals surface area contributed by atoms with E-state index in [1.54, 1.807) is 23.1 Å². The standard InChI is InChI=1S/C16H19N3O2S2/c20-14-7-17-5-11(14)6-18-16(21)13-3-1-2-4-15(13)23-9-12-8-22-10-19-12/h1-4,8,10-11,14,17,20H,5-7,9H2,(H,18,21). The van der Waals surface area contributed by atoms with Crippen LogP contribution in [0.4, 0.5) is 0 Å². The van der Waals surface area contributed by atoms with Crippen LogP contribution >= 0.6 is 23.1 Å². The number of nitrogens with one attached hydrogen (secondary N) is 2. The van der Waals surface area contributed by atoms with E-state index < -0.39 is 0 Å². The largest absolute Gasteiger partial charge is 0.391 e. The van der Waals surface area contributed by atoms with Gasteiger partial charge >= 0.3 is 0 Å². The topological polar surface area (TPSA) is 74.2 Å². The van der Waals surface area contributed by atoms with E-state index in [2.05, 4.69) is 15.6 Å². The Morgan fingerprint density at radius 2 is 2.30 bits per heavy atom. The second-order valence-corrected chi connectivity index (χ2v) is 7.20. The van der Waals surface area contributed by atoms with Crippen molar-refractivity contribution in [3.8, 4) is 0 Å². The van der Waals surface area contributed by atoms with Gasteiger partial charge < -0.3 is 15.7 Å². The molecule has 2 aromatic rings. The molecule has 1 aromatic heterocycles. The van der Waals surface area contributed by atoms with E-state index >= 15 is 0 Å². The first-order valence-corrected chi connectivity index (χ1v) is 9.43. The molecule has 1 aliphatic rings. The molecule has 3 N–H and O–H groups in total. The molecule has 3 rings (SSSR count). The molecule has 7 heteroatoms. The highest BCUT2D eigenvalue weighted by atomic mass is 32.2. The van der Waals surface area contributed by atoms with E-state index in [1.165, 1.54) is 0 Å². The second kappa shape index (κ2) is 7.92. The molecule has 1 amide bonds. The van der Waals surface area contributed by atoms with E-state index in [0.29, 0.717) is 18.7 Å². The molecular formula is C16H19N3O2S2. The van der Waals surface area contributed by atoms with Gasteiger partial charge in [-0.1, -0.05) is 12.1 Å². The first kappa shape index (κ1) is 16.4. The number of aliphatic hydroxyl groups excluding tert-OH is 1. The van der Waals surface area contributed by atoms with Gasteiger partial charge in [0.1, 0.15) is 0 Å². The number of aromatic nitrogens is 1. The van der Waals surface area contributed by atoms with Crippen molar-refractivity contribution in [3.63, 3.8) is 0 Å². The van der Waals surface area contributed by atoms with Gasteiger partial charge in [-0.05, 0) is 12.1 Å². The molecule has 1 aromatic carbocycles. The van der Waals surface area contributed by atoms with E-state index in [-0.39, 0.29) is 17.9 Å². The Labute approximate surface area is 143 Å². The van der Waals surface area contributed by atoms with E-state index in [0.717, 1.165) is 22.9 Å². The van der Waals surface area contributed by atoms with Crippen LogP contribution in [0.25, 0.3) is 0 Å². The van der Waals surface area contributed by atoms with E-state index in [9.17, 15) is 9.90 Å². The Morgan fingerprint density at radius 1 is 1.43 bits per heavy atom. The third kappa shape index (κ3) is 4.32. The molecule has 0 saturated carbocycles. The molecule has 23 heavy (non-hydrogen) atoms. The second-order valence-electron chi connectivity index (χ2n) is 5.46. The first-order chi connectivity index (χ1) is 11.2. The molecule has 2 unspecified atom stereocenters. The van der Waals surface area contributed by atoms with Crippen LogP contribution < -0.4 is 10.6 Å². The van der Waals surface area contributed by atoms with Gasteiger partial charge in [-0.25, -0.2) is 4.98 Å². The Morgan fingerprint density at radius 3 is 3.04 bits per heavy atom. The zero-order chi connectivity index (χ0) is 16.1. The summed E-state index contributed by atoms with van der Waals surface area (Å²) < 4.78 is 0. The van der Waals surface area contributed by atoms with Gasteiger partial charge in [-0.2, -0.15) is 0 Å². The summed E-state index contributed by atoms with van der Waals surface area (Å²) in [4.78, 5) is 17.7. The van der Waals surface area contributed by atoms with Crippen LogP contribution in [0.1, 0.15) is 16.1 Å². The average Bonchev–Trinajstić information content (AvgIpc) is 3.22. The van der Waals surface area contributed by atoms with Crippen LogP contribution in [-0.2, 0) is 5.75 Å². The molecule has 5 nitrogen and oxygen atoms in total. The maximum atomic E-state index is 12.5. The summed E-state index contributed by atoms with van der Waals surface area (Å²) in [6, 6.07) is 7.60. The van der Waals surface area contributed by atoms with Gasteiger partial charge in [-0.3, -0.25) is 4.79 Å². The first-order valence-electron chi connectivity index (χ1n) is 7.50. The van der Waals surface area contributed by atoms with Crippen molar-refractivity contribution < 1.29 is 9.90 Å². The number of thioether (sulfide) groups is 1. The maximum absolute atomic E-state index is 12.5. The summed E-state index contributed by atoms with van der Waals surface area (Å²) in [6.45, 7) is 1.82. The predicted molar refractivity (Wildman–Crippen MR) is 92.8 cm³/mol. The number of rotatable bonds is 6. The average molecular weight is 349 g/mol. The Kier molecular flexibility index (Phi) is 5.66. The Hall–Kier alpha value is -1.41. The zero-order valence-electron chi connectivity index (χ0n) is 12.6. The van der Waals surface area contributed by atoms with Crippen molar-refractivity contribution in [3.05, 3.63) is 46.4 Å². The van der Waals surface area contributed by atoms with E-state index in [4.69, 9.17) is 0 Å². The number of benzene rings is 1. The number of thiazole rings is 1. The highest BCUT2D eigenvalue weighted by molar-refractivity contribution is 7.98. The lowest BCUT2D eigenvalue weighted by Crippen LogP contribution is -2.34. The molecule has 1 aliphatic heterocycles. The molecule has 0 spiro atoms. The minimum atomic E-state index is -0.385. The fourth-order valence-corrected chi connectivity index (χ4v) is 4.10. The molecule has 0 radical (unpaired) electrons. The quantitative estimate of drug-likeness (QED) is 0.693. The number of β-amino-alcohol motifs (C(OH)–C–C–N with tert-alkyl or cyclic N) is 1. The molecule has 0 bridgehead atoms. The highest BCUT2D eigenvalue weighted by Gasteiger charge is 2.25. The van der Waals surface area contributed by atoms with Crippen molar-refractivity contribution in [1.29, 1.82) is 0 Å². The van der Waals surface area contributed by atoms with Gasteiger partial charge in [0.2, 0.25) is 0 Å². The van der Waals surface area contributed by atoms with Crippen LogP contribution in [0.15, 0.2) is 40.1 Å². The normalized spacial score (nSPS) is 20.6. The lowest BCUT2D eigenvalue weighted by atomic mass is 10.1. The SMILES string of the molecule is O=C(NCC1CNCC1O)c1ccccc1SCc1cscn1. The predicted octanol–water partition coefficient (Wildman–Crippen LogP) is 1.75. The summed E-state index contributed by atoms with van der Waals surface area (Å²) in [5.74, 6) is 0.734. The lowest BCUT2D eigenvalue weighted by molar-refractivity contribution is 0.0924. The molecular weight excluding hydrogens is 330 g/mol. The van der Waals surface area contributed by atoms with Crippen LogP contribution in [0, 0.1) is 5.92 Å². The number of hydrogen-bond acceptors (Lipinski definition) is 6. The molecule has 1 fully saturated rings. The van der Waals surface area contributed by atoms with Crippen molar-refractivity contribution in [2.45, 2.75) is 16.8 Å². The molecule has 0 aliphatic carbocycles. The van der Waals surface area contributed by atoms with E-state index in [1.807, 2.05) is 35.2 Å². The Balaban J connectivity index is 1.60. The van der Waals surface area contributed by atoms with Gasteiger partial charge in [0.15, 0.2) is 0 Å². The van der Waals surface area contributed by atoms with Crippen LogP contribution in [0.5, 0.6) is 0 Å². The monoisotopic (exact) mass is 349 g/mol. The van der Waals surface area contributed by atoms with Crippen molar-refractivity contribution in [1.82, 2.24) is 15.6 Å². The maximum Gasteiger partial charge on any atom is 0.252 e. The third-order valence-corrected chi connectivity index (χ3v) is 5.56. The lowest BCUT2D eigenvalue weighted by Gasteiger charge is -2.15. The number of nitrogens with zero attached hydrogens (tertiary/aromatic N) is 1. The van der Waals surface area contributed by atoms with Gasteiger partial charge in [-0.15, -0.1) is 23.1 Å². The summed E-state index contributed by atoms with van der Waals surface area (Å²) in [5.41, 5.74) is 3.51. The smallest absolute Gasteiger partial charge is 0.252 e. The zero-order valence-corrected chi connectivity index (χ0v) is 14.2. The molecule has 2 heterocycles. The fraction of sp³-hybridized carbons (Fsp3) is 0.375. The van der Waals surface area contributed by atoms with Gasteiger partial charge in [0.25, 0.3) is 5.91 Å². The Bertz CT molecular complexity index is 649.